The third kappa shape index (κ3) is 5.35. The quantitative estimate of drug-likeness (QED) is 0.753. The van der Waals surface area contributed by atoms with Gasteiger partial charge in [-0.2, -0.15) is 0 Å². The Morgan fingerprint density at radius 2 is 2.06 bits per heavy atom. The van der Waals surface area contributed by atoms with E-state index in [1.165, 1.54) is 0 Å². The molecule has 0 aromatic rings. The summed E-state index contributed by atoms with van der Waals surface area (Å²) in [6.45, 7) is 10.6. The second-order valence-corrected chi connectivity index (χ2v) is 5.75. The van der Waals surface area contributed by atoms with Gasteiger partial charge in [0.2, 0.25) is 0 Å². The number of rotatable bonds is 4. The van der Waals surface area contributed by atoms with Gasteiger partial charge in [0.25, 0.3) is 0 Å². The van der Waals surface area contributed by atoms with E-state index in [4.69, 9.17) is 9.47 Å². The SMILES string of the molecule is CC(C)C[C@@H](NC(=O)OC(C)(C)C)[C@H]1CO1. The number of hydrogen-bond acceptors (Lipinski definition) is 3. The molecule has 1 saturated heterocycles. The number of ether oxygens (including phenoxy) is 2. The lowest BCUT2D eigenvalue weighted by Gasteiger charge is -2.23. The third-order valence-corrected chi connectivity index (χ3v) is 2.24. The van der Waals surface area contributed by atoms with Crippen LogP contribution < -0.4 is 5.32 Å². The molecule has 1 fully saturated rings. The van der Waals surface area contributed by atoms with Crippen molar-refractivity contribution >= 4 is 6.09 Å². The van der Waals surface area contributed by atoms with Crippen molar-refractivity contribution in [1.29, 1.82) is 0 Å². The fourth-order valence-corrected chi connectivity index (χ4v) is 1.56. The first-order chi connectivity index (χ1) is 7.28. The highest BCUT2D eigenvalue weighted by molar-refractivity contribution is 5.68. The highest BCUT2D eigenvalue weighted by Crippen LogP contribution is 2.20. The topological polar surface area (TPSA) is 50.9 Å². The van der Waals surface area contributed by atoms with Crippen molar-refractivity contribution in [3.8, 4) is 0 Å². The van der Waals surface area contributed by atoms with Crippen LogP contribution in [0.3, 0.4) is 0 Å². The molecular weight excluding hydrogens is 206 g/mol. The summed E-state index contributed by atoms with van der Waals surface area (Å²) < 4.78 is 10.5. The first kappa shape index (κ1) is 13.3. The van der Waals surface area contributed by atoms with Crippen molar-refractivity contribution in [2.45, 2.75) is 58.8 Å². The Hall–Kier alpha value is -0.770. The Bertz CT molecular complexity index is 241. The van der Waals surface area contributed by atoms with Gasteiger partial charge < -0.3 is 14.8 Å². The highest BCUT2D eigenvalue weighted by atomic mass is 16.6. The maximum atomic E-state index is 11.6. The molecule has 1 amide bonds. The van der Waals surface area contributed by atoms with Gasteiger partial charge in [-0.1, -0.05) is 13.8 Å². The smallest absolute Gasteiger partial charge is 0.407 e. The van der Waals surface area contributed by atoms with E-state index in [1.54, 1.807) is 0 Å². The fourth-order valence-electron chi connectivity index (χ4n) is 1.56. The molecule has 2 atom stereocenters. The number of hydrogen-bond donors (Lipinski definition) is 1. The van der Waals surface area contributed by atoms with Gasteiger partial charge in [-0.15, -0.1) is 0 Å². The Balaban J connectivity index is 2.39. The Morgan fingerprint density at radius 3 is 2.44 bits per heavy atom. The first-order valence-electron chi connectivity index (χ1n) is 5.89. The molecule has 0 bridgehead atoms. The number of carbonyl (C=O) groups is 1. The van der Waals surface area contributed by atoms with Crippen LogP contribution in [0, 0.1) is 5.92 Å². The standard InChI is InChI=1S/C12H23NO3/c1-8(2)6-9(10-7-15-10)13-11(14)16-12(3,4)5/h8-10H,6-7H2,1-5H3,(H,13,14)/t9-,10-/m1/s1. The monoisotopic (exact) mass is 229 g/mol. The predicted octanol–water partition coefficient (Wildman–Crippen LogP) is 2.32. The predicted molar refractivity (Wildman–Crippen MR) is 62.4 cm³/mol. The van der Waals surface area contributed by atoms with Crippen LogP contribution in [0.25, 0.3) is 0 Å². The van der Waals surface area contributed by atoms with E-state index < -0.39 is 5.60 Å². The van der Waals surface area contributed by atoms with Gasteiger partial charge in [-0.05, 0) is 33.1 Å². The van der Waals surface area contributed by atoms with E-state index in [0.717, 1.165) is 13.0 Å². The molecule has 16 heavy (non-hydrogen) atoms. The van der Waals surface area contributed by atoms with Gasteiger partial charge in [-0.25, -0.2) is 4.79 Å². The summed E-state index contributed by atoms with van der Waals surface area (Å²) in [6, 6.07) is 0.0786. The Labute approximate surface area is 97.7 Å². The molecule has 0 radical (unpaired) electrons. The zero-order valence-electron chi connectivity index (χ0n) is 10.9. The fraction of sp³-hybridized carbons (Fsp3) is 0.917. The largest absolute Gasteiger partial charge is 0.444 e. The van der Waals surface area contributed by atoms with Crippen molar-refractivity contribution in [3.63, 3.8) is 0 Å². The number of epoxide rings is 1. The molecule has 1 heterocycles. The summed E-state index contributed by atoms with van der Waals surface area (Å²) in [5, 5.41) is 2.88. The lowest BCUT2D eigenvalue weighted by atomic mass is 10.0. The number of carbonyl (C=O) groups excluding carboxylic acids is 1. The molecule has 0 unspecified atom stereocenters. The molecule has 1 aliphatic heterocycles. The van der Waals surface area contributed by atoms with Gasteiger partial charge in [0.05, 0.1) is 12.6 Å². The molecule has 0 spiro atoms. The number of alkyl carbamates (subject to hydrolysis) is 1. The van der Waals surface area contributed by atoms with Crippen LogP contribution in [0.2, 0.25) is 0 Å². The zero-order chi connectivity index (χ0) is 12.3. The minimum atomic E-state index is -0.448. The second-order valence-electron chi connectivity index (χ2n) is 5.75. The minimum Gasteiger partial charge on any atom is -0.444 e. The molecule has 0 aromatic carbocycles. The van der Waals surface area contributed by atoms with E-state index in [0.29, 0.717) is 5.92 Å². The third-order valence-electron chi connectivity index (χ3n) is 2.24. The van der Waals surface area contributed by atoms with Gasteiger partial charge >= 0.3 is 6.09 Å². The summed E-state index contributed by atoms with van der Waals surface area (Å²) in [7, 11) is 0. The van der Waals surface area contributed by atoms with Crippen molar-refractivity contribution in [2.75, 3.05) is 6.61 Å². The van der Waals surface area contributed by atoms with Gasteiger partial charge in [0, 0.05) is 0 Å². The van der Waals surface area contributed by atoms with E-state index in [2.05, 4.69) is 19.2 Å². The van der Waals surface area contributed by atoms with Crippen LogP contribution >= 0.6 is 0 Å². The van der Waals surface area contributed by atoms with Crippen molar-refractivity contribution in [1.82, 2.24) is 5.32 Å². The van der Waals surface area contributed by atoms with Crippen molar-refractivity contribution in [3.05, 3.63) is 0 Å². The summed E-state index contributed by atoms with van der Waals surface area (Å²) >= 11 is 0. The molecule has 1 aliphatic rings. The number of nitrogens with one attached hydrogen (secondary N) is 1. The highest BCUT2D eigenvalue weighted by Gasteiger charge is 2.35. The Kier molecular flexibility index (Phi) is 4.19. The molecule has 4 heteroatoms. The lowest BCUT2D eigenvalue weighted by molar-refractivity contribution is 0.0488. The average Bonchev–Trinajstić information content (AvgIpc) is 2.78. The minimum absolute atomic E-state index is 0.0786. The van der Waals surface area contributed by atoms with Crippen LogP contribution in [0.15, 0.2) is 0 Å². The molecule has 1 N–H and O–H groups in total. The summed E-state index contributed by atoms with van der Waals surface area (Å²) in [5.74, 6) is 0.532. The molecule has 94 valence electrons. The molecule has 0 aromatic heterocycles. The maximum Gasteiger partial charge on any atom is 0.407 e. The number of amides is 1. The second kappa shape index (κ2) is 5.04. The molecular formula is C12H23NO3. The van der Waals surface area contributed by atoms with Crippen LogP contribution in [0.4, 0.5) is 4.79 Å². The summed E-state index contributed by atoms with van der Waals surface area (Å²) in [4.78, 5) is 11.6. The van der Waals surface area contributed by atoms with E-state index >= 15 is 0 Å². The van der Waals surface area contributed by atoms with E-state index in [9.17, 15) is 4.79 Å². The summed E-state index contributed by atoms with van der Waals surface area (Å²) in [6.07, 6.45) is 0.743. The van der Waals surface area contributed by atoms with Crippen LogP contribution in [0.1, 0.15) is 41.0 Å². The Morgan fingerprint density at radius 1 is 1.50 bits per heavy atom. The maximum absolute atomic E-state index is 11.6. The van der Waals surface area contributed by atoms with Gasteiger partial charge in [0.15, 0.2) is 0 Å². The molecule has 0 aliphatic carbocycles. The van der Waals surface area contributed by atoms with Crippen LogP contribution in [-0.2, 0) is 9.47 Å². The van der Waals surface area contributed by atoms with Crippen molar-refractivity contribution in [2.24, 2.45) is 5.92 Å². The molecule has 4 nitrogen and oxygen atoms in total. The molecule has 1 rings (SSSR count). The van der Waals surface area contributed by atoms with Gasteiger partial charge in [0.1, 0.15) is 11.7 Å². The van der Waals surface area contributed by atoms with E-state index in [-0.39, 0.29) is 18.2 Å². The normalized spacial score (nSPS) is 21.8. The van der Waals surface area contributed by atoms with E-state index in [1.807, 2.05) is 20.8 Å². The zero-order valence-corrected chi connectivity index (χ0v) is 10.9. The molecule has 0 saturated carbocycles. The van der Waals surface area contributed by atoms with Crippen LogP contribution in [0.5, 0.6) is 0 Å². The summed E-state index contributed by atoms with van der Waals surface area (Å²) in [5.41, 5.74) is -0.448. The van der Waals surface area contributed by atoms with Crippen LogP contribution in [-0.4, -0.2) is 30.4 Å². The average molecular weight is 229 g/mol. The van der Waals surface area contributed by atoms with Gasteiger partial charge in [-0.3, -0.25) is 0 Å². The first-order valence-corrected chi connectivity index (χ1v) is 5.89. The lowest BCUT2D eigenvalue weighted by Crippen LogP contribution is -2.42. The van der Waals surface area contributed by atoms with Crippen molar-refractivity contribution < 1.29 is 14.3 Å².